The van der Waals surface area contributed by atoms with Crippen molar-refractivity contribution in [1.82, 2.24) is 34.9 Å². The van der Waals surface area contributed by atoms with Gasteiger partial charge in [0.25, 0.3) is 0 Å². The van der Waals surface area contributed by atoms with Crippen LogP contribution < -0.4 is 9.62 Å². The number of anilines is 1. The van der Waals surface area contributed by atoms with Gasteiger partial charge in [0.2, 0.25) is 10.0 Å². The van der Waals surface area contributed by atoms with Gasteiger partial charge in [0.15, 0.2) is 11.5 Å². The van der Waals surface area contributed by atoms with Crippen molar-refractivity contribution in [2.45, 2.75) is 6.54 Å². The third-order valence-electron chi connectivity index (χ3n) is 6.53. The molecule has 202 valence electrons. The van der Waals surface area contributed by atoms with Crippen LogP contribution in [0.1, 0.15) is 5.56 Å². The molecule has 0 saturated heterocycles. The summed E-state index contributed by atoms with van der Waals surface area (Å²) >= 11 is 0. The standard InChI is InChI=1S/C28H25FN8O2S/c1-37(2)21-10-18(13-30-15-21)19-11-23-26(35-36-27(23)31-14-19)28-33-24-6-4-5-22(25(24)34-28)17-7-16(8-20(29)9-17)12-32-40(3,38)39/h4-11,13-15,32H,12H2,1-3H3,(H,33,34)(H,31,35,36). The van der Waals surface area contributed by atoms with E-state index in [9.17, 15) is 12.8 Å². The number of halogens is 1. The number of H-pyrrole nitrogens is 2. The Morgan fingerprint density at radius 1 is 1.00 bits per heavy atom. The average molecular weight is 557 g/mol. The lowest BCUT2D eigenvalue weighted by Crippen LogP contribution is -2.21. The summed E-state index contributed by atoms with van der Waals surface area (Å²) in [6.45, 7) is -0.0209. The normalized spacial score (nSPS) is 11.9. The zero-order valence-electron chi connectivity index (χ0n) is 21.9. The lowest BCUT2D eigenvalue weighted by molar-refractivity contribution is 0.586. The van der Waals surface area contributed by atoms with Crippen molar-refractivity contribution in [3.63, 3.8) is 0 Å². The number of sulfonamides is 1. The van der Waals surface area contributed by atoms with Crippen LogP contribution in [0.25, 0.3) is 55.8 Å². The SMILES string of the molecule is CN(C)c1cncc(-c2cnc3[nH]nc(-c4nc5c(-c6cc(F)cc(CNS(C)(=O)=O)c6)cccc5[nH]4)c3c2)c1. The number of aromatic amines is 2. The Morgan fingerprint density at radius 3 is 2.62 bits per heavy atom. The molecule has 6 aromatic rings. The highest BCUT2D eigenvalue weighted by atomic mass is 32.2. The number of aromatic nitrogens is 6. The molecule has 6 rings (SSSR count). The van der Waals surface area contributed by atoms with Crippen molar-refractivity contribution >= 4 is 37.8 Å². The minimum Gasteiger partial charge on any atom is -0.376 e. The van der Waals surface area contributed by atoms with Crippen LogP contribution in [0.3, 0.4) is 0 Å². The number of rotatable bonds is 7. The van der Waals surface area contributed by atoms with Gasteiger partial charge in [0.1, 0.15) is 11.5 Å². The molecule has 2 aromatic carbocycles. The van der Waals surface area contributed by atoms with E-state index < -0.39 is 15.8 Å². The van der Waals surface area contributed by atoms with E-state index >= 15 is 0 Å². The molecule has 40 heavy (non-hydrogen) atoms. The van der Waals surface area contributed by atoms with Gasteiger partial charge in [-0.2, -0.15) is 5.10 Å². The van der Waals surface area contributed by atoms with Crippen molar-refractivity contribution < 1.29 is 12.8 Å². The predicted molar refractivity (Wildman–Crippen MR) is 154 cm³/mol. The highest BCUT2D eigenvalue weighted by Crippen LogP contribution is 2.33. The maximum atomic E-state index is 14.5. The quantitative estimate of drug-likeness (QED) is 0.264. The Kier molecular flexibility index (Phi) is 6.28. The zero-order chi connectivity index (χ0) is 28.0. The lowest BCUT2D eigenvalue weighted by atomic mass is 10.0. The first-order chi connectivity index (χ1) is 19.1. The van der Waals surface area contributed by atoms with Crippen molar-refractivity contribution in [3.05, 3.63) is 78.5 Å². The number of para-hydroxylation sites is 1. The maximum Gasteiger partial charge on any atom is 0.209 e. The molecule has 0 atom stereocenters. The Morgan fingerprint density at radius 2 is 1.82 bits per heavy atom. The first-order valence-corrected chi connectivity index (χ1v) is 14.2. The number of hydrogen-bond donors (Lipinski definition) is 3. The van der Waals surface area contributed by atoms with Crippen molar-refractivity contribution in [1.29, 1.82) is 0 Å². The van der Waals surface area contributed by atoms with Gasteiger partial charge in [-0.1, -0.05) is 12.1 Å². The lowest BCUT2D eigenvalue weighted by Gasteiger charge is -2.12. The van der Waals surface area contributed by atoms with E-state index in [2.05, 4.69) is 29.9 Å². The van der Waals surface area contributed by atoms with Gasteiger partial charge in [-0.05, 0) is 47.5 Å². The number of benzene rings is 2. The number of fused-ring (bicyclic) bond motifs is 2. The molecule has 0 aliphatic heterocycles. The molecule has 0 spiro atoms. The van der Waals surface area contributed by atoms with Crippen LogP contribution in [0.5, 0.6) is 0 Å². The summed E-state index contributed by atoms with van der Waals surface area (Å²) in [7, 11) is 0.499. The van der Waals surface area contributed by atoms with E-state index in [0.717, 1.165) is 34.0 Å². The second-order valence-electron chi connectivity index (χ2n) is 9.75. The minimum absolute atomic E-state index is 0.0209. The van der Waals surface area contributed by atoms with Crippen LogP contribution in [-0.2, 0) is 16.6 Å². The summed E-state index contributed by atoms with van der Waals surface area (Å²) in [6, 6.07) is 14.1. The Bertz CT molecular complexity index is 2000. The van der Waals surface area contributed by atoms with Crippen molar-refractivity contribution in [2.24, 2.45) is 0 Å². The fourth-order valence-electron chi connectivity index (χ4n) is 4.57. The smallest absolute Gasteiger partial charge is 0.209 e. The molecule has 0 radical (unpaired) electrons. The summed E-state index contributed by atoms with van der Waals surface area (Å²) in [6.07, 6.45) is 6.43. The topological polar surface area (TPSA) is 133 Å². The largest absolute Gasteiger partial charge is 0.376 e. The van der Waals surface area contributed by atoms with Crippen molar-refractivity contribution in [3.8, 4) is 33.8 Å². The zero-order valence-corrected chi connectivity index (χ0v) is 22.7. The summed E-state index contributed by atoms with van der Waals surface area (Å²) in [5, 5.41) is 8.25. The summed E-state index contributed by atoms with van der Waals surface area (Å²) in [5.74, 6) is 0.0588. The van der Waals surface area contributed by atoms with Gasteiger partial charge in [-0.25, -0.2) is 27.5 Å². The van der Waals surface area contributed by atoms with E-state index in [-0.39, 0.29) is 6.54 Å². The molecule has 4 heterocycles. The van der Waals surface area contributed by atoms with E-state index in [1.807, 2.05) is 49.3 Å². The number of pyridine rings is 2. The van der Waals surface area contributed by atoms with Gasteiger partial charge in [-0.15, -0.1) is 0 Å². The van der Waals surface area contributed by atoms with Crippen LogP contribution in [0, 0.1) is 5.82 Å². The highest BCUT2D eigenvalue weighted by Gasteiger charge is 2.17. The monoisotopic (exact) mass is 556 g/mol. The maximum absolute atomic E-state index is 14.5. The van der Waals surface area contributed by atoms with Gasteiger partial charge in [-0.3, -0.25) is 10.1 Å². The summed E-state index contributed by atoms with van der Waals surface area (Å²) < 4.78 is 40.0. The fraction of sp³-hybridized carbons (Fsp3) is 0.143. The number of nitrogens with zero attached hydrogens (tertiary/aromatic N) is 5. The molecular formula is C28H25FN8O2S. The first kappa shape index (κ1) is 25.6. The van der Waals surface area contributed by atoms with E-state index in [1.54, 1.807) is 24.7 Å². The third kappa shape index (κ3) is 5.01. The fourth-order valence-corrected chi connectivity index (χ4v) is 5.00. The molecule has 10 nitrogen and oxygen atoms in total. The molecule has 0 fully saturated rings. The Labute approximate surface area is 229 Å². The number of nitrogens with one attached hydrogen (secondary N) is 3. The third-order valence-corrected chi connectivity index (χ3v) is 7.20. The molecule has 0 aliphatic rings. The molecular weight excluding hydrogens is 531 g/mol. The molecule has 4 aromatic heterocycles. The molecule has 0 amide bonds. The second-order valence-corrected chi connectivity index (χ2v) is 11.6. The molecule has 0 saturated carbocycles. The Hall–Kier alpha value is -4.68. The molecule has 12 heteroatoms. The van der Waals surface area contributed by atoms with Crippen LogP contribution in [-0.4, -0.2) is 58.9 Å². The predicted octanol–water partition coefficient (Wildman–Crippen LogP) is 4.48. The Balaban J connectivity index is 1.42. The minimum atomic E-state index is -3.42. The van der Waals surface area contributed by atoms with Crippen LogP contribution in [0.4, 0.5) is 10.1 Å². The first-order valence-electron chi connectivity index (χ1n) is 12.3. The second kappa shape index (κ2) is 9.81. The van der Waals surface area contributed by atoms with Gasteiger partial charge >= 0.3 is 0 Å². The summed E-state index contributed by atoms with van der Waals surface area (Å²) in [5.41, 5.74) is 7.16. The van der Waals surface area contributed by atoms with Crippen molar-refractivity contribution in [2.75, 3.05) is 25.3 Å². The summed E-state index contributed by atoms with van der Waals surface area (Å²) in [4.78, 5) is 19.1. The highest BCUT2D eigenvalue weighted by molar-refractivity contribution is 7.88. The van der Waals surface area contributed by atoms with Gasteiger partial charge in [0, 0.05) is 49.7 Å². The number of hydrogen-bond acceptors (Lipinski definition) is 7. The van der Waals surface area contributed by atoms with Gasteiger partial charge < -0.3 is 9.88 Å². The van der Waals surface area contributed by atoms with E-state index in [4.69, 9.17) is 4.98 Å². The number of imidazole rings is 1. The van der Waals surface area contributed by atoms with Crippen LogP contribution in [0.2, 0.25) is 0 Å². The molecule has 3 N–H and O–H groups in total. The molecule has 0 aliphatic carbocycles. The average Bonchev–Trinajstić information content (AvgIpc) is 3.55. The van der Waals surface area contributed by atoms with Gasteiger partial charge in [0.05, 0.1) is 34.6 Å². The van der Waals surface area contributed by atoms with Crippen LogP contribution in [0.15, 0.2) is 67.1 Å². The van der Waals surface area contributed by atoms with E-state index in [0.29, 0.717) is 39.4 Å². The molecule has 0 unspecified atom stereocenters. The van der Waals surface area contributed by atoms with Crippen LogP contribution >= 0.6 is 0 Å². The van der Waals surface area contributed by atoms with E-state index in [1.165, 1.54) is 12.1 Å². The molecule has 0 bridgehead atoms.